The van der Waals surface area contributed by atoms with Crippen molar-refractivity contribution in [2.24, 2.45) is 0 Å². The molecule has 0 saturated carbocycles. The fraction of sp³-hybridized carbons (Fsp3) is 0.235. The Morgan fingerprint density at radius 1 is 0.920 bits per heavy atom. The van der Waals surface area contributed by atoms with Crippen LogP contribution < -0.4 is 0 Å². The lowest BCUT2D eigenvalue weighted by atomic mass is 10.1. The van der Waals surface area contributed by atoms with Crippen molar-refractivity contribution in [3.63, 3.8) is 0 Å². The maximum absolute atomic E-state index is 12.5. The first kappa shape index (κ1) is 16.6. The lowest BCUT2D eigenvalue weighted by molar-refractivity contribution is 0.0494. The number of fused-ring (bicyclic) bond motifs is 3. The highest BCUT2D eigenvalue weighted by molar-refractivity contribution is 6.14. The molecule has 3 aromatic heterocycles. The minimum atomic E-state index is -0.826. The van der Waals surface area contributed by atoms with Crippen LogP contribution >= 0.6 is 0 Å². The van der Waals surface area contributed by atoms with E-state index in [4.69, 9.17) is 14.2 Å². The lowest BCUT2D eigenvalue weighted by Crippen LogP contribution is -2.16. The third-order valence-corrected chi connectivity index (χ3v) is 3.83. The summed E-state index contributed by atoms with van der Waals surface area (Å²) in [6.07, 6.45) is 3.31. The summed E-state index contributed by atoms with van der Waals surface area (Å²) >= 11 is 0. The molecule has 0 atom stereocenters. The molecule has 0 saturated heterocycles. The van der Waals surface area contributed by atoms with Gasteiger partial charge in [-0.2, -0.15) is 0 Å². The SMILES string of the molecule is CCOC(=O)c1c(C(=O)OC)c(C(=O)OC)c2n1ccc1cccn12. The van der Waals surface area contributed by atoms with E-state index >= 15 is 0 Å². The fourth-order valence-corrected chi connectivity index (χ4v) is 2.83. The summed E-state index contributed by atoms with van der Waals surface area (Å²) in [6.45, 7) is 1.77. The zero-order valence-electron chi connectivity index (χ0n) is 13.9. The third kappa shape index (κ3) is 2.42. The maximum Gasteiger partial charge on any atom is 0.356 e. The summed E-state index contributed by atoms with van der Waals surface area (Å²) in [4.78, 5) is 37.3. The minimum absolute atomic E-state index is 0.0563. The van der Waals surface area contributed by atoms with Gasteiger partial charge in [0.05, 0.1) is 20.8 Å². The Hall–Kier alpha value is -3.29. The first-order valence-corrected chi connectivity index (χ1v) is 7.53. The molecule has 0 bridgehead atoms. The van der Waals surface area contributed by atoms with Crippen LogP contribution in [0.4, 0.5) is 0 Å². The molecule has 130 valence electrons. The fourth-order valence-electron chi connectivity index (χ4n) is 2.83. The number of carbonyl (C=O) groups is 3. The summed E-state index contributed by atoms with van der Waals surface area (Å²) in [5, 5.41) is 0. The van der Waals surface area contributed by atoms with Crippen LogP contribution in [0.2, 0.25) is 0 Å². The van der Waals surface area contributed by atoms with Crippen LogP contribution in [0.15, 0.2) is 30.6 Å². The highest BCUT2D eigenvalue weighted by atomic mass is 16.5. The van der Waals surface area contributed by atoms with E-state index in [-0.39, 0.29) is 23.4 Å². The molecular formula is C17H16N2O6. The predicted molar refractivity (Wildman–Crippen MR) is 87.0 cm³/mol. The standard InChI is InChI=1S/C17H16N2O6/c1-4-25-17(22)13-11(15(20)23-2)12(16(21)24-3)14-18-8-5-6-10(18)7-9-19(13)14/h5-9H,4H2,1-3H3. The van der Waals surface area contributed by atoms with Crippen LogP contribution in [0.3, 0.4) is 0 Å². The highest BCUT2D eigenvalue weighted by Crippen LogP contribution is 2.27. The molecule has 0 spiro atoms. The smallest absolute Gasteiger partial charge is 0.356 e. The maximum atomic E-state index is 12.5. The average molecular weight is 344 g/mol. The van der Waals surface area contributed by atoms with Crippen LogP contribution in [-0.2, 0) is 14.2 Å². The molecule has 25 heavy (non-hydrogen) atoms. The summed E-state index contributed by atoms with van der Waals surface area (Å²) < 4.78 is 17.8. The number of rotatable bonds is 4. The summed E-state index contributed by atoms with van der Waals surface area (Å²) in [6, 6.07) is 5.36. The normalized spacial score (nSPS) is 10.8. The molecule has 3 aromatic rings. The van der Waals surface area contributed by atoms with Gasteiger partial charge in [0.25, 0.3) is 0 Å². The van der Waals surface area contributed by atoms with Gasteiger partial charge in [0.15, 0.2) is 0 Å². The molecule has 0 N–H and O–H groups in total. The van der Waals surface area contributed by atoms with Gasteiger partial charge in [-0.1, -0.05) is 0 Å². The van der Waals surface area contributed by atoms with Crippen molar-refractivity contribution in [2.45, 2.75) is 6.92 Å². The largest absolute Gasteiger partial charge is 0.465 e. The van der Waals surface area contributed by atoms with Gasteiger partial charge in [-0.15, -0.1) is 0 Å². The first-order valence-electron chi connectivity index (χ1n) is 7.53. The summed E-state index contributed by atoms with van der Waals surface area (Å²) in [5.74, 6) is -2.32. The van der Waals surface area contributed by atoms with Crippen LogP contribution in [-0.4, -0.2) is 47.5 Å². The van der Waals surface area contributed by atoms with Gasteiger partial charge in [0.1, 0.15) is 22.5 Å². The van der Waals surface area contributed by atoms with E-state index in [1.807, 2.05) is 6.07 Å². The number of hydrogen-bond acceptors (Lipinski definition) is 6. The van der Waals surface area contributed by atoms with Crippen LogP contribution in [0, 0.1) is 0 Å². The lowest BCUT2D eigenvalue weighted by Gasteiger charge is -2.05. The van der Waals surface area contributed by atoms with Crippen LogP contribution in [0.5, 0.6) is 0 Å². The van der Waals surface area contributed by atoms with Gasteiger partial charge in [0.2, 0.25) is 0 Å². The molecule has 8 heteroatoms. The van der Waals surface area contributed by atoms with Crippen molar-refractivity contribution in [3.05, 3.63) is 47.4 Å². The Kier molecular flexibility index (Phi) is 4.18. The predicted octanol–water partition coefficient (Wildman–Crippen LogP) is 1.94. The van der Waals surface area contributed by atoms with Crippen molar-refractivity contribution in [1.82, 2.24) is 8.80 Å². The Morgan fingerprint density at radius 3 is 2.24 bits per heavy atom. The number of hydrogen-bond donors (Lipinski definition) is 0. The van der Waals surface area contributed by atoms with Crippen molar-refractivity contribution < 1.29 is 28.6 Å². The number of methoxy groups -OCH3 is 2. The molecule has 0 aliphatic carbocycles. The molecule has 0 aliphatic heterocycles. The Morgan fingerprint density at radius 2 is 1.60 bits per heavy atom. The number of ether oxygens (including phenoxy) is 3. The molecule has 0 aromatic carbocycles. The van der Waals surface area contributed by atoms with Crippen molar-refractivity contribution in [2.75, 3.05) is 20.8 Å². The highest BCUT2D eigenvalue weighted by Gasteiger charge is 2.34. The number of nitrogens with zero attached hydrogens (tertiary/aromatic N) is 2. The van der Waals surface area contributed by atoms with E-state index in [1.165, 1.54) is 18.6 Å². The molecule has 0 unspecified atom stereocenters. The second-order valence-electron chi connectivity index (χ2n) is 5.11. The van der Waals surface area contributed by atoms with E-state index < -0.39 is 17.9 Å². The zero-order chi connectivity index (χ0) is 18.1. The van der Waals surface area contributed by atoms with E-state index in [9.17, 15) is 14.4 Å². The van der Waals surface area contributed by atoms with Gasteiger partial charge in [-0.05, 0) is 25.1 Å². The topological polar surface area (TPSA) is 87.7 Å². The van der Waals surface area contributed by atoms with Crippen molar-refractivity contribution in [1.29, 1.82) is 0 Å². The van der Waals surface area contributed by atoms with Gasteiger partial charge < -0.3 is 18.6 Å². The number of esters is 3. The molecule has 0 fully saturated rings. The van der Waals surface area contributed by atoms with Gasteiger partial charge >= 0.3 is 17.9 Å². The third-order valence-electron chi connectivity index (χ3n) is 3.83. The molecule has 0 radical (unpaired) electrons. The quantitative estimate of drug-likeness (QED) is 0.531. The van der Waals surface area contributed by atoms with Crippen molar-refractivity contribution >= 4 is 29.1 Å². The Labute approximate surface area is 142 Å². The summed E-state index contributed by atoms with van der Waals surface area (Å²) in [5.41, 5.74) is 0.771. The number of aromatic nitrogens is 2. The second kappa shape index (κ2) is 6.31. The van der Waals surface area contributed by atoms with E-state index in [0.29, 0.717) is 5.65 Å². The molecule has 0 aliphatic rings. The van der Waals surface area contributed by atoms with Gasteiger partial charge in [0, 0.05) is 17.9 Å². The molecular weight excluding hydrogens is 328 g/mol. The van der Waals surface area contributed by atoms with E-state index in [2.05, 4.69) is 0 Å². The van der Waals surface area contributed by atoms with Gasteiger partial charge in [-0.25, -0.2) is 14.4 Å². The minimum Gasteiger partial charge on any atom is -0.465 e. The first-order chi connectivity index (χ1) is 12.0. The summed E-state index contributed by atoms with van der Waals surface area (Å²) in [7, 11) is 2.37. The van der Waals surface area contributed by atoms with E-state index in [0.717, 1.165) is 5.52 Å². The molecule has 3 heterocycles. The Balaban J connectivity index is 2.53. The molecule has 8 nitrogen and oxygen atoms in total. The van der Waals surface area contributed by atoms with Gasteiger partial charge in [-0.3, -0.25) is 4.40 Å². The number of carbonyl (C=O) groups excluding carboxylic acids is 3. The van der Waals surface area contributed by atoms with Crippen molar-refractivity contribution in [3.8, 4) is 0 Å². The second-order valence-corrected chi connectivity index (χ2v) is 5.11. The van der Waals surface area contributed by atoms with E-state index in [1.54, 1.807) is 35.9 Å². The Bertz CT molecular complexity index is 998. The molecule has 3 rings (SSSR count). The zero-order valence-corrected chi connectivity index (χ0v) is 13.9. The molecule has 0 amide bonds. The average Bonchev–Trinajstić information content (AvgIpc) is 3.22. The van der Waals surface area contributed by atoms with Crippen LogP contribution in [0.25, 0.3) is 11.2 Å². The monoisotopic (exact) mass is 344 g/mol. The van der Waals surface area contributed by atoms with Crippen LogP contribution in [0.1, 0.15) is 38.1 Å².